The number of para-hydroxylation sites is 1. The molecule has 0 saturated carbocycles. The van der Waals surface area contributed by atoms with Crippen molar-refractivity contribution in [2.24, 2.45) is 0 Å². The zero-order valence-electron chi connectivity index (χ0n) is 15.5. The van der Waals surface area contributed by atoms with Gasteiger partial charge in [-0.3, -0.25) is 9.69 Å². The summed E-state index contributed by atoms with van der Waals surface area (Å²) in [6.45, 7) is -0.616. The highest BCUT2D eigenvalue weighted by Gasteiger charge is 2.28. The average Bonchev–Trinajstić information content (AvgIpc) is 2.73. The Labute approximate surface area is 171 Å². The van der Waals surface area contributed by atoms with Gasteiger partial charge < -0.3 is 18.9 Å². The molecule has 0 aromatic heterocycles. The fourth-order valence-electron chi connectivity index (χ4n) is 2.50. The highest BCUT2D eigenvalue weighted by atomic mass is 31.2. The van der Waals surface area contributed by atoms with Crippen LogP contribution in [0.5, 0.6) is 17.2 Å². The van der Waals surface area contributed by atoms with Gasteiger partial charge in [-0.15, -0.1) is 0 Å². The largest absolute Gasteiger partial charge is 0.584 e. The van der Waals surface area contributed by atoms with Crippen molar-refractivity contribution in [3.63, 3.8) is 0 Å². The van der Waals surface area contributed by atoms with E-state index in [-0.39, 0.29) is 22.8 Å². The Morgan fingerprint density at radius 1 is 0.833 bits per heavy atom. The molecule has 3 aromatic carbocycles. The number of ether oxygens (including phenoxy) is 1. The molecule has 9 heteroatoms. The SMILES string of the molecule is O=C(O)COc1ccc(OP(=O)(O)Oc2ccccc2)c(C(=O)c2ccccc2)c1. The standard InChI is InChI=1S/C21H17O8P/c22-20(23)14-27-17-11-12-19(18(13-17)21(24)15-7-3-1-4-8-15)29-30(25,26)28-16-9-5-2-6-10-16/h1-13H,14H2,(H,22,23)(H,25,26). The first-order valence-electron chi connectivity index (χ1n) is 8.69. The molecule has 0 saturated heterocycles. The van der Waals surface area contributed by atoms with Gasteiger partial charge in [-0.05, 0) is 30.3 Å². The van der Waals surface area contributed by atoms with Crippen LogP contribution in [0.25, 0.3) is 0 Å². The van der Waals surface area contributed by atoms with E-state index in [0.717, 1.165) is 0 Å². The average molecular weight is 428 g/mol. The lowest BCUT2D eigenvalue weighted by atomic mass is 10.0. The van der Waals surface area contributed by atoms with Crippen molar-refractivity contribution < 1.29 is 37.9 Å². The van der Waals surface area contributed by atoms with Gasteiger partial charge >= 0.3 is 13.8 Å². The summed E-state index contributed by atoms with van der Waals surface area (Å²) in [5.74, 6) is -1.72. The van der Waals surface area contributed by atoms with Crippen LogP contribution in [0.1, 0.15) is 15.9 Å². The quantitative estimate of drug-likeness (QED) is 0.389. The molecule has 1 atom stereocenters. The Morgan fingerprint density at radius 3 is 2.10 bits per heavy atom. The number of carboxylic acids is 1. The number of carbonyl (C=O) groups excluding carboxylic acids is 1. The smallest absolute Gasteiger partial charge is 0.482 e. The molecule has 154 valence electrons. The molecule has 0 aliphatic heterocycles. The van der Waals surface area contributed by atoms with Gasteiger partial charge in [0.2, 0.25) is 0 Å². The van der Waals surface area contributed by atoms with E-state index in [1.165, 1.54) is 30.3 Å². The number of hydrogen-bond donors (Lipinski definition) is 2. The zero-order valence-corrected chi connectivity index (χ0v) is 16.4. The molecule has 0 heterocycles. The van der Waals surface area contributed by atoms with Gasteiger partial charge in [-0.2, -0.15) is 0 Å². The van der Waals surface area contributed by atoms with Crippen LogP contribution in [-0.2, 0) is 9.36 Å². The summed E-state index contributed by atoms with van der Waals surface area (Å²) < 4.78 is 27.7. The summed E-state index contributed by atoms with van der Waals surface area (Å²) in [4.78, 5) is 33.8. The maximum Gasteiger partial charge on any atom is 0.584 e. The number of hydrogen-bond acceptors (Lipinski definition) is 6. The van der Waals surface area contributed by atoms with Crippen LogP contribution >= 0.6 is 7.82 Å². The summed E-state index contributed by atoms with van der Waals surface area (Å²) in [5.41, 5.74) is 0.213. The number of phosphoric acid groups is 1. The molecule has 0 bridgehead atoms. The minimum Gasteiger partial charge on any atom is -0.482 e. The monoisotopic (exact) mass is 428 g/mol. The first-order chi connectivity index (χ1) is 14.3. The van der Waals surface area contributed by atoms with Crippen molar-refractivity contribution >= 4 is 19.6 Å². The molecule has 0 amide bonds. The van der Waals surface area contributed by atoms with Crippen LogP contribution in [0.2, 0.25) is 0 Å². The Morgan fingerprint density at radius 2 is 1.47 bits per heavy atom. The van der Waals surface area contributed by atoms with Crippen LogP contribution in [-0.4, -0.2) is 28.4 Å². The van der Waals surface area contributed by atoms with Crippen molar-refractivity contribution in [1.29, 1.82) is 0 Å². The topological polar surface area (TPSA) is 119 Å². The molecule has 30 heavy (non-hydrogen) atoms. The molecule has 0 radical (unpaired) electrons. The summed E-state index contributed by atoms with van der Waals surface area (Å²) in [5, 5.41) is 8.78. The predicted molar refractivity (Wildman–Crippen MR) is 107 cm³/mol. The third-order valence-electron chi connectivity index (χ3n) is 3.77. The molecule has 2 N–H and O–H groups in total. The van der Waals surface area contributed by atoms with Gasteiger partial charge in [0.05, 0.1) is 5.56 Å². The van der Waals surface area contributed by atoms with Crippen molar-refractivity contribution in [2.45, 2.75) is 0 Å². The second-order valence-corrected chi connectivity index (χ2v) is 7.30. The van der Waals surface area contributed by atoms with Crippen molar-refractivity contribution in [3.8, 4) is 17.2 Å². The van der Waals surface area contributed by atoms with Gasteiger partial charge in [0.25, 0.3) is 0 Å². The lowest BCUT2D eigenvalue weighted by Gasteiger charge is -2.16. The van der Waals surface area contributed by atoms with Crippen LogP contribution in [0, 0.1) is 0 Å². The molecule has 1 unspecified atom stereocenters. The van der Waals surface area contributed by atoms with E-state index in [1.54, 1.807) is 48.5 Å². The van der Waals surface area contributed by atoms with Crippen LogP contribution in [0.3, 0.4) is 0 Å². The Hall–Kier alpha value is -3.61. The molecule has 3 rings (SSSR count). The molecule has 0 fully saturated rings. The summed E-state index contributed by atoms with van der Waals surface area (Å²) in [7, 11) is -4.63. The van der Waals surface area contributed by atoms with Gasteiger partial charge in [-0.1, -0.05) is 48.5 Å². The molecule has 3 aromatic rings. The zero-order chi connectivity index (χ0) is 21.6. The number of carbonyl (C=O) groups is 2. The fourth-order valence-corrected chi connectivity index (χ4v) is 3.34. The van der Waals surface area contributed by atoms with Gasteiger partial charge in [0, 0.05) is 5.56 Å². The Balaban J connectivity index is 1.93. The molecule has 0 aliphatic carbocycles. The molecular formula is C21H17O8P. The third kappa shape index (κ3) is 5.70. The second-order valence-electron chi connectivity index (χ2n) is 6.00. The Kier molecular flexibility index (Phi) is 6.51. The normalized spacial score (nSPS) is 12.4. The number of carboxylic acid groups (broad SMARTS) is 1. The molecule has 0 spiro atoms. The maximum atomic E-state index is 12.9. The van der Waals surface area contributed by atoms with Crippen molar-refractivity contribution in [1.82, 2.24) is 0 Å². The lowest BCUT2D eigenvalue weighted by molar-refractivity contribution is -0.139. The van der Waals surface area contributed by atoms with Crippen molar-refractivity contribution in [3.05, 3.63) is 90.0 Å². The second kappa shape index (κ2) is 9.26. The minimum atomic E-state index is -4.63. The first-order valence-corrected chi connectivity index (χ1v) is 10.2. The van der Waals surface area contributed by atoms with Gasteiger partial charge in [-0.25, -0.2) is 9.36 Å². The van der Waals surface area contributed by atoms with E-state index < -0.39 is 26.2 Å². The number of ketones is 1. The van der Waals surface area contributed by atoms with Gasteiger partial charge in [0.15, 0.2) is 12.4 Å². The lowest BCUT2D eigenvalue weighted by Crippen LogP contribution is -2.11. The molecule has 8 nitrogen and oxygen atoms in total. The van der Waals surface area contributed by atoms with Crippen LogP contribution in [0.15, 0.2) is 78.9 Å². The van der Waals surface area contributed by atoms with E-state index in [2.05, 4.69) is 0 Å². The Bertz CT molecular complexity index is 1080. The highest BCUT2D eigenvalue weighted by molar-refractivity contribution is 7.48. The minimum absolute atomic E-state index is 0.0841. The first kappa shape index (κ1) is 21.1. The number of aliphatic carboxylic acids is 1. The summed E-state index contributed by atoms with van der Waals surface area (Å²) in [6.07, 6.45) is 0. The van der Waals surface area contributed by atoms with Crippen molar-refractivity contribution in [2.75, 3.05) is 6.61 Å². The van der Waals surface area contributed by atoms with E-state index in [9.17, 15) is 19.0 Å². The van der Waals surface area contributed by atoms with Crippen LogP contribution < -0.4 is 13.8 Å². The van der Waals surface area contributed by atoms with Gasteiger partial charge in [0.1, 0.15) is 17.2 Å². The highest BCUT2D eigenvalue weighted by Crippen LogP contribution is 2.46. The summed E-state index contributed by atoms with van der Waals surface area (Å²) in [6, 6.07) is 19.9. The fraction of sp³-hybridized carbons (Fsp3) is 0.0476. The number of rotatable bonds is 9. The third-order valence-corrected chi connectivity index (χ3v) is 4.64. The van der Waals surface area contributed by atoms with E-state index >= 15 is 0 Å². The van der Waals surface area contributed by atoms with E-state index in [1.807, 2.05) is 0 Å². The molecule has 0 aliphatic rings. The van der Waals surface area contributed by atoms with E-state index in [4.69, 9.17) is 18.9 Å². The number of phosphoric ester groups is 1. The van der Waals surface area contributed by atoms with Crippen LogP contribution in [0.4, 0.5) is 0 Å². The molecular weight excluding hydrogens is 411 g/mol. The number of benzene rings is 3. The maximum absolute atomic E-state index is 12.9. The van der Waals surface area contributed by atoms with E-state index in [0.29, 0.717) is 5.56 Å². The predicted octanol–water partition coefficient (Wildman–Crippen LogP) is 3.94. The summed E-state index contributed by atoms with van der Waals surface area (Å²) >= 11 is 0.